The van der Waals surface area contributed by atoms with Gasteiger partial charge < -0.3 is 5.32 Å². The fourth-order valence-electron chi connectivity index (χ4n) is 3.35. The van der Waals surface area contributed by atoms with Crippen molar-refractivity contribution in [3.63, 3.8) is 0 Å². The summed E-state index contributed by atoms with van der Waals surface area (Å²) in [6.45, 7) is 1.83. The third kappa shape index (κ3) is 4.19. The average molecular weight is 385 g/mol. The molecule has 28 heavy (non-hydrogen) atoms. The number of nitrogens with zero attached hydrogens (tertiary/aromatic N) is 2. The van der Waals surface area contributed by atoms with E-state index in [4.69, 9.17) is 0 Å². The Morgan fingerprint density at radius 1 is 1.11 bits per heavy atom. The Morgan fingerprint density at radius 2 is 1.79 bits per heavy atom. The Bertz CT molecular complexity index is 962. The maximum Gasteiger partial charge on any atom is 0.290 e. The summed E-state index contributed by atoms with van der Waals surface area (Å²) in [5.41, 5.74) is 4.30. The molecule has 0 radical (unpaired) electrons. The molecule has 148 valence electrons. The van der Waals surface area contributed by atoms with Crippen LogP contribution in [0.1, 0.15) is 43.1 Å². The summed E-state index contributed by atoms with van der Waals surface area (Å²) in [6.07, 6.45) is 3.74. The van der Waals surface area contributed by atoms with E-state index in [-0.39, 0.29) is 29.6 Å². The van der Waals surface area contributed by atoms with Crippen molar-refractivity contribution in [2.24, 2.45) is 5.92 Å². The standard InChI is InChI=1S/C19H23N5O4/c1-2-24-19(28)14-10-6-5-9-13(14)16(23-24)18(27)22-21-15(25)11-20-17(26)12-7-3-4-8-12/h5-6,9-10,12H,2-4,7-8,11H2,1H3,(H,20,26)(H,21,25)(H,22,27). The minimum atomic E-state index is -0.645. The van der Waals surface area contributed by atoms with Crippen LogP contribution in [-0.4, -0.2) is 34.0 Å². The molecule has 1 saturated carbocycles. The van der Waals surface area contributed by atoms with Gasteiger partial charge in [-0.1, -0.05) is 31.0 Å². The van der Waals surface area contributed by atoms with Gasteiger partial charge in [0.05, 0.1) is 11.9 Å². The highest BCUT2D eigenvalue weighted by atomic mass is 16.2. The number of hydrogen-bond donors (Lipinski definition) is 3. The first kappa shape index (κ1) is 19.5. The minimum absolute atomic E-state index is 0.0342. The molecule has 1 aromatic carbocycles. The first-order valence-corrected chi connectivity index (χ1v) is 9.38. The van der Waals surface area contributed by atoms with Crippen LogP contribution in [0.3, 0.4) is 0 Å². The fourth-order valence-corrected chi connectivity index (χ4v) is 3.35. The van der Waals surface area contributed by atoms with Crippen molar-refractivity contribution >= 4 is 28.5 Å². The molecule has 9 heteroatoms. The van der Waals surface area contributed by atoms with E-state index in [2.05, 4.69) is 21.3 Å². The molecule has 0 unspecified atom stereocenters. The zero-order chi connectivity index (χ0) is 20.1. The van der Waals surface area contributed by atoms with E-state index in [1.807, 2.05) is 0 Å². The van der Waals surface area contributed by atoms with Gasteiger partial charge in [-0.15, -0.1) is 0 Å². The highest BCUT2D eigenvalue weighted by Crippen LogP contribution is 2.24. The highest BCUT2D eigenvalue weighted by molar-refractivity contribution is 6.05. The molecule has 2 aromatic rings. The third-order valence-electron chi connectivity index (χ3n) is 4.85. The van der Waals surface area contributed by atoms with Crippen LogP contribution in [0.2, 0.25) is 0 Å². The van der Waals surface area contributed by atoms with Crippen molar-refractivity contribution in [1.29, 1.82) is 0 Å². The van der Waals surface area contributed by atoms with Crippen molar-refractivity contribution in [3.05, 3.63) is 40.3 Å². The van der Waals surface area contributed by atoms with Crippen molar-refractivity contribution < 1.29 is 14.4 Å². The van der Waals surface area contributed by atoms with Gasteiger partial charge in [0, 0.05) is 17.8 Å². The van der Waals surface area contributed by atoms with Gasteiger partial charge in [-0.2, -0.15) is 5.10 Å². The molecule has 1 aliphatic carbocycles. The van der Waals surface area contributed by atoms with Crippen molar-refractivity contribution in [3.8, 4) is 0 Å². The van der Waals surface area contributed by atoms with Gasteiger partial charge >= 0.3 is 0 Å². The first-order valence-electron chi connectivity index (χ1n) is 9.38. The van der Waals surface area contributed by atoms with Gasteiger partial charge in [0.15, 0.2) is 5.69 Å². The van der Waals surface area contributed by atoms with Crippen molar-refractivity contribution in [1.82, 2.24) is 25.9 Å². The third-order valence-corrected chi connectivity index (χ3v) is 4.85. The Hall–Kier alpha value is -3.23. The van der Waals surface area contributed by atoms with Crippen LogP contribution in [0, 0.1) is 5.92 Å². The molecule has 0 aliphatic heterocycles. The second-order valence-corrected chi connectivity index (χ2v) is 6.72. The summed E-state index contributed by atoms with van der Waals surface area (Å²) in [4.78, 5) is 48.7. The van der Waals surface area contributed by atoms with E-state index < -0.39 is 11.8 Å². The predicted octanol–water partition coefficient (Wildman–Crippen LogP) is 0.484. The molecule has 0 atom stereocenters. The predicted molar refractivity (Wildman–Crippen MR) is 102 cm³/mol. The number of aryl methyl sites for hydroxylation is 1. The van der Waals surface area contributed by atoms with Gasteiger partial charge in [-0.25, -0.2) is 4.68 Å². The topological polar surface area (TPSA) is 122 Å². The normalized spacial score (nSPS) is 14.0. The molecule has 1 fully saturated rings. The summed E-state index contributed by atoms with van der Waals surface area (Å²) >= 11 is 0. The number of carbonyl (C=O) groups is 3. The number of carbonyl (C=O) groups excluding carboxylic acids is 3. The molecule has 0 spiro atoms. The first-order chi connectivity index (χ1) is 13.5. The van der Waals surface area contributed by atoms with Crippen LogP contribution < -0.4 is 21.7 Å². The average Bonchev–Trinajstić information content (AvgIpc) is 3.25. The number of benzene rings is 1. The molecular formula is C19H23N5O4. The molecule has 1 heterocycles. The van der Waals surface area contributed by atoms with E-state index >= 15 is 0 Å². The second kappa shape index (κ2) is 8.64. The number of hydrogen-bond acceptors (Lipinski definition) is 5. The van der Waals surface area contributed by atoms with E-state index in [0.29, 0.717) is 17.3 Å². The SMILES string of the molecule is CCn1nc(C(=O)NNC(=O)CNC(=O)C2CCCC2)c2ccccc2c1=O. The lowest BCUT2D eigenvalue weighted by molar-refractivity contribution is -0.128. The molecule has 0 bridgehead atoms. The Labute approximate surface area is 161 Å². The lowest BCUT2D eigenvalue weighted by Gasteiger charge is -2.12. The Kier molecular flexibility index (Phi) is 6.03. The summed E-state index contributed by atoms with van der Waals surface area (Å²) in [7, 11) is 0. The van der Waals surface area contributed by atoms with E-state index in [0.717, 1.165) is 25.7 Å². The van der Waals surface area contributed by atoms with E-state index in [1.54, 1.807) is 31.2 Å². The van der Waals surface area contributed by atoms with Crippen LogP contribution in [0.4, 0.5) is 0 Å². The highest BCUT2D eigenvalue weighted by Gasteiger charge is 2.23. The van der Waals surface area contributed by atoms with Crippen molar-refractivity contribution in [2.45, 2.75) is 39.2 Å². The summed E-state index contributed by atoms with van der Waals surface area (Å²) in [5, 5.41) is 7.45. The van der Waals surface area contributed by atoms with Gasteiger partial charge in [0.2, 0.25) is 5.91 Å². The lowest BCUT2D eigenvalue weighted by atomic mass is 10.1. The largest absolute Gasteiger partial charge is 0.347 e. The van der Waals surface area contributed by atoms with Crippen molar-refractivity contribution in [2.75, 3.05) is 6.54 Å². The molecule has 3 N–H and O–H groups in total. The number of amides is 3. The number of hydrazine groups is 1. The van der Waals surface area contributed by atoms with Crippen LogP contribution in [0.25, 0.3) is 10.8 Å². The zero-order valence-electron chi connectivity index (χ0n) is 15.7. The maximum absolute atomic E-state index is 12.5. The number of aromatic nitrogens is 2. The summed E-state index contributed by atoms with van der Waals surface area (Å²) in [5.74, 6) is -1.36. The number of rotatable bonds is 5. The summed E-state index contributed by atoms with van der Waals surface area (Å²) < 4.78 is 1.20. The number of nitrogens with one attached hydrogen (secondary N) is 3. The molecule has 9 nitrogen and oxygen atoms in total. The quantitative estimate of drug-likeness (QED) is 0.647. The number of fused-ring (bicyclic) bond motifs is 1. The molecule has 3 amide bonds. The van der Waals surface area contributed by atoms with Crippen LogP contribution in [0.15, 0.2) is 29.1 Å². The minimum Gasteiger partial charge on any atom is -0.347 e. The molecule has 1 aromatic heterocycles. The van der Waals surface area contributed by atoms with Gasteiger partial charge in [0.25, 0.3) is 17.4 Å². The molecule has 3 rings (SSSR count). The van der Waals surface area contributed by atoms with Crippen LogP contribution >= 0.6 is 0 Å². The smallest absolute Gasteiger partial charge is 0.290 e. The molecular weight excluding hydrogens is 362 g/mol. The second-order valence-electron chi connectivity index (χ2n) is 6.72. The van der Waals surface area contributed by atoms with E-state index in [1.165, 1.54) is 4.68 Å². The van der Waals surface area contributed by atoms with Gasteiger partial charge in [-0.3, -0.25) is 30.0 Å². The fraction of sp³-hybridized carbons (Fsp3) is 0.421. The van der Waals surface area contributed by atoms with Crippen LogP contribution in [-0.2, 0) is 16.1 Å². The zero-order valence-corrected chi connectivity index (χ0v) is 15.7. The molecule has 1 aliphatic rings. The Morgan fingerprint density at radius 3 is 2.46 bits per heavy atom. The van der Waals surface area contributed by atoms with Gasteiger partial charge in [0.1, 0.15) is 0 Å². The Balaban J connectivity index is 1.63. The lowest BCUT2D eigenvalue weighted by Crippen LogP contribution is -2.47. The molecule has 0 saturated heterocycles. The van der Waals surface area contributed by atoms with E-state index in [9.17, 15) is 19.2 Å². The maximum atomic E-state index is 12.5. The summed E-state index contributed by atoms with van der Waals surface area (Å²) in [6, 6.07) is 6.66. The van der Waals surface area contributed by atoms with Crippen LogP contribution in [0.5, 0.6) is 0 Å². The monoisotopic (exact) mass is 385 g/mol. The van der Waals surface area contributed by atoms with Gasteiger partial charge in [-0.05, 0) is 25.8 Å².